The predicted octanol–water partition coefficient (Wildman–Crippen LogP) is 2.78. The van der Waals surface area contributed by atoms with Gasteiger partial charge in [0.1, 0.15) is 0 Å². The molecule has 1 atom stereocenters. The molecule has 0 aliphatic carbocycles. The van der Waals surface area contributed by atoms with E-state index in [4.69, 9.17) is 4.74 Å². The summed E-state index contributed by atoms with van der Waals surface area (Å²) in [4.78, 5) is 3.87. The molecule has 0 aromatic carbocycles. The van der Waals surface area contributed by atoms with Crippen LogP contribution in [0.4, 0.5) is 0 Å². The first-order valence-corrected chi connectivity index (χ1v) is 4.66. The van der Waals surface area contributed by atoms with Gasteiger partial charge in [-0.3, -0.25) is 0 Å². The van der Waals surface area contributed by atoms with Crippen LogP contribution in [0.15, 0.2) is 29.1 Å². The van der Waals surface area contributed by atoms with Gasteiger partial charge in [-0.25, -0.2) is 4.99 Å². The summed E-state index contributed by atoms with van der Waals surface area (Å²) in [5.74, 6) is 1.79. The van der Waals surface area contributed by atoms with Gasteiger partial charge in [-0.05, 0) is 25.0 Å². The van der Waals surface area contributed by atoms with Gasteiger partial charge >= 0.3 is 0 Å². The molecule has 0 spiro atoms. The van der Waals surface area contributed by atoms with E-state index in [0.717, 1.165) is 18.6 Å². The molecule has 13 heavy (non-hydrogen) atoms. The first kappa shape index (κ1) is 10.0. The summed E-state index contributed by atoms with van der Waals surface area (Å²) in [6.07, 6.45) is 2.89. The molecule has 1 aliphatic rings. The standard InChI is InChI=1S/C11H17NO/c1-5-9-10(8(2)3)6-7-13-11(9)12-4/h5,8,10H,1,4,6-7H2,2-3H3. The van der Waals surface area contributed by atoms with Crippen LogP contribution in [-0.2, 0) is 4.74 Å². The number of rotatable bonds is 3. The van der Waals surface area contributed by atoms with Crippen LogP contribution in [-0.4, -0.2) is 13.3 Å². The molecular weight excluding hydrogens is 162 g/mol. The van der Waals surface area contributed by atoms with Gasteiger partial charge in [0.05, 0.1) is 6.61 Å². The molecule has 0 radical (unpaired) electrons. The smallest absolute Gasteiger partial charge is 0.216 e. The fraction of sp³-hybridized carbons (Fsp3) is 0.545. The fourth-order valence-corrected chi connectivity index (χ4v) is 1.75. The van der Waals surface area contributed by atoms with Crippen molar-refractivity contribution in [2.75, 3.05) is 6.61 Å². The molecule has 1 unspecified atom stereocenters. The Bertz CT molecular complexity index is 240. The lowest BCUT2D eigenvalue weighted by Crippen LogP contribution is -2.20. The molecule has 0 aromatic rings. The maximum absolute atomic E-state index is 5.39. The monoisotopic (exact) mass is 179 g/mol. The second kappa shape index (κ2) is 4.26. The molecule has 0 N–H and O–H groups in total. The van der Waals surface area contributed by atoms with Crippen molar-refractivity contribution >= 4 is 6.72 Å². The van der Waals surface area contributed by atoms with E-state index in [2.05, 4.69) is 32.1 Å². The molecule has 0 aromatic heterocycles. The summed E-state index contributed by atoms with van der Waals surface area (Å²) in [5, 5.41) is 0. The molecule has 2 heteroatoms. The third-order valence-electron chi connectivity index (χ3n) is 2.48. The van der Waals surface area contributed by atoms with E-state index in [1.54, 1.807) is 0 Å². The average molecular weight is 179 g/mol. The van der Waals surface area contributed by atoms with Gasteiger partial charge in [-0.1, -0.05) is 26.5 Å². The van der Waals surface area contributed by atoms with Crippen molar-refractivity contribution in [3.63, 3.8) is 0 Å². The van der Waals surface area contributed by atoms with E-state index in [-0.39, 0.29) is 0 Å². The summed E-state index contributed by atoms with van der Waals surface area (Å²) in [7, 11) is 0. The van der Waals surface area contributed by atoms with Crippen molar-refractivity contribution in [3.8, 4) is 0 Å². The largest absolute Gasteiger partial charge is 0.477 e. The third kappa shape index (κ3) is 2.00. The van der Waals surface area contributed by atoms with Gasteiger partial charge in [-0.2, -0.15) is 0 Å². The van der Waals surface area contributed by atoms with E-state index in [1.807, 2.05) is 6.08 Å². The minimum absolute atomic E-state index is 0.520. The molecule has 0 saturated carbocycles. The first-order valence-electron chi connectivity index (χ1n) is 4.66. The molecule has 0 fully saturated rings. The van der Waals surface area contributed by atoms with Crippen molar-refractivity contribution < 1.29 is 4.74 Å². The fourth-order valence-electron chi connectivity index (χ4n) is 1.75. The van der Waals surface area contributed by atoms with E-state index in [1.165, 1.54) is 0 Å². The Morgan fingerprint density at radius 1 is 1.62 bits per heavy atom. The van der Waals surface area contributed by atoms with Gasteiger partial charge in [-0.15, -0.1) is 0 Å². The molecule has 2 nitrogen and oxygen atoms in total. The maximum atomic E-state index is 5.39. The number of ether oxygens (including phenoxy) is 1. The summed E-state index contributed by atoms with van der Waals surface area (Å²) in [6, 6.07) is 0. The Hall–Kier alpha value is -1.05. The summed E-state index contributed by atoms with van der Waals surface area (Å²) in [5.41, 5.74) is 1.11. The maximum Gasteiger partial charge on any atom is 0.216 e. The lowest BCUT2D eigenvalue weighted by Gasteiger charge is -2.27. The quantitative estimate of drug-likeness (QED) is 0.610. The Kier molecular flexibility index (Phi) is 3.29. The summed E-state index contributed by atoms with van der Waals surface area (Å²) in [6.45, 7) is 12.4. The minimum atomic E-state index is 0.520. The molecule has 0 saturated heterocycles. The zero-order valence-electron chi connectivity index (χ0n) is 8.42. The molecule has 1 rings (SSSR count). The van der Waals surface area contributed by atoms with Crippen LogP contribution in [0.1, 0.15) is 20.3 Å². The average Bonchev–Trinajstić information content (AvgIpc) is 2.16. The van der Waals surface area contributed by atoms with Crippen LogP contribution < -0.4 is 0 Å². The highest BCUT2D eigenvalue weighted by Gasteiger charge is 2.24. The van der Waals surface area contributed by atoms with Crippen molar-refractivity contribution in [1.29, 1.82) is 0 Å². The lowest BCUT2D eigenvalue weighted by molar-refractivity contribution is 0.153. The van der Waals surface area contributed by atoms with Gasteiger partial charge in [0.2, 0.25) is 5.88 Å². The normalized spacial score (nSPS) is 22.8. The molecular formula is C11H17NO. The van der Waals surface area contributed by atoms with Crippen molar-refractivity contribution in [2.24, 2.45) is 16.8 Å². The zero-order valence-corrected chi connectivity index (χ0v) is 8.42. The van der Waals surface area contributed by atoms with Crippen LogP contribution in [0, 0.1) is 11.8 Å². The molecule has 72 valence electrons. The molecule has 0 amide bonds. The SMILES string of the molecule is C=CC1=C(N=C)OCCC1C(C)C. The van der Waals surface area contributed by atoms with Crippen LogP contribution in [0.3, 0.4) is 0 Å². The number of aliphatic imine (C=N–C) groups is 1. The van der Waals surface area contributed by atoms with Crippen molar-refractivity contribution in [2.45, 2.75) is 20.3 Å². The first-order chi connectivity index (χ1) is 6.20. The van der Waals surface area contributed by atoms with Crippen LogP contribution in [0.2, 0.25) is 0 Å². The van der Waals surface area contributed by atoms with Gasteiger partial charge < -0.3 is 4.74 Å². The van der Waals surface area contributed by atoms with E-state index in [9.17, 15) is 0 Å². The van der Waals surface area contributed by atoms with Crippen LogP contribution in [0.5, 0.6) is 0 Å². The number of allylic oxidation sites excluding steroid dienone is 2. The van der Waals surface area contributed by atoms with Crippen LogP contribution in [0.25, 0.3) is 0 Å². The second-order valence-corrected chi connectivity index (χ2v) is 3.61. The second-order valence-electron chi connectivity index (χ2n) is 3.61. The number of hydrogen-bond donors (Lipinski definition) is 0. The summed E-state index contributed by atoms with van der Waals surface area (Å²) < 4.78 is 5.39. The lowest BCUT2D eigenvalue weighted by atomic mass is 9.84. The molecule has 1 aliphatic heterocycles. The van der Waals surface area contributed by atoms with Gasteiger partial charge in [0, 0.05) is 5.57 Å². The Morgan fingerprint density at radius 3 is 2.77 bits per heavy atom. The third-order valence-corrected chi connectivity index (χ3v) is 2.48. The van der Waals surface area contributed by atoms with E-state index < -0.39 is 0 Å². The predicted molar refractivity (Wildman–Crippen MR) is 55.7 cm³/mol. The highest BCUT2D eigenvalue weighted by Crippen LogP contribution is 2.32. The van der Waals surface area contributed by atoms with Gasteiger partial charge in [0.25, 0.3) is 0 Å². The minimum Gasteiger partial charge on any atom is -0.477 e. The highest BCUT2D eigenvalue weighted by molar-refractivity contribution is 5.33. The van der Waals surface area contributed by atoms with Crippen molar-refractivity contribution in [1.82, 2.24) is 0 Å². The summed E-state index contributed by atoms with van der Waals surface area (Å²) >= 11 is 0. The number of nitrogens with zero attached hydrogens (tertiary/aromatic N) is 1. The van der Waals surface area contributed by atoms with E-state index in [0.29, 0.717) is 17.7 Å². The Labute approximate surface area is 80.0 Å². The van der Waals surface area contributed by atoms with Crippen LogP contribution >= 0.6 is 0 Å². The topological polar surface area (TPSA) is 21.6 Å². The van der Waals surface area contributed by atoms with E-state index >= 15 is 0 Å². The van der Waals surface area contributed by atoms with Gasteiger partial charge in [0.15, 0.2) is 0 Å². The number of hydrogen-bond acceptors (Lipinski definition) is 2. The Morgan fingerprint density at radius 2 is 2.31 bits per heavy atom. The zero-order chi connectivity index (χ0) is 9.84. The molecule has 0 bridgehead atoms. The van der Waals surface area contributed by atoms with Crippen molar-refractivity contribution in [3.05, 3.63) is 24.1 Å². The highest BCUT2D eigenvalue weighted by atomic mass is 16.5. The Balaban J connectivity index is 2.98. The molecule has 1 heterocycles.